The number of halogens is 2. The van der Waals surface area contributed by atoms with Gasteiger partial charge in [0.05, 0.1) is 24.6 Å². The highest BCUT2D eigenvalue weighted by Gasteiger charge is 2.55. The molecular formula is C26H25ClFN3O3. The number of fused-ring (bicyclic) bond motifs is 1. The maximum atomic E-state index is 14.1. The largest absolute Gasteiger partial charge is 0.370 e. The minimum atomic E-state index is -0.944. The van der Waals surface area contributed by atoms with E-state index in [9.17, 15) is 18.8 Å². The van der Waals surface area contributed by atoms with Crippen molar-refractivity contribution in [2.45, 2.75) is 43.3 Å². The van der Waals surface area contributed by atoms with Crippen LogP contribution >= 0.6 is 11.6 Å². The number of rotatable bonds is 7. The van der Waals surface area contributed by atoms with E-state index in [0.717, 1.165) is 11.1 Å². The lowest BCUT2D eigenvalue weighted by Gasteiger charge is -2.48. The highest BCUT2D eigenvalue weighted by atomic mass is 35.5. The van der Waals surface area contributed by atoms with Gasteiger partial charge in [0.25, 0.3) is 0 Å². The summed E-state index contributed by atoms with van der Waals surface area (Å²) in [5, 5.41) is 3.21. The third kappa shape index (κ3) is 4.26. The minimum absolute atomic E-state index is 0.211. The van der Waals surface area contributed by atoms with Gasteiger partial charge in [0.1, 0.15) is 6.04 Å². The first-order chi connectivity index (χ1) is 16.3. The minimum Gasteiger partial charge on any atom is -0.370 e. The molecule has 3 N–H and O–H groups in total. The Bertz CT molecular complexity index is 1150. The molecule has 1 aliphatic heterocycles. The van der Waals surface area contributed by atoms with E-state index in [4.69, 9.17) is 23.8 Å². The quantitative estimate of drug-likeness (QED) is 0.595. The molecule has 1 heterocycles. The van der Waals surface area contributed by atoms with E-state index in [1.54, 1.807) is 36.4 Å². The van der Waals surface area contributed by atoms with E-state index in [-0.39, 0.29) is 24.8 Å². The fourth-order valence-corrected chi connectivity index (χ4v) is 5.20. The molecular weight excluding hydrogens is 457 g/mol. The molecule has 3 amide bonds. The molecule has 6 nitrogen and oxygen atoms in total. The van der Waals surface area contributed by atoms with Crippen LogP contribution in [-0.2, 0) is 26.3 Å². The first-order valence-electron chi connectivity index (χ1n) is 11.0. The summed E-state index contributed by atoms with van der Waals surface area (Å²) in [5.41, 5.74) is 6.58. The van der Waals surface area contributed by atoms with Crippen molar-refractivity contribution in [2.24, 2.45) is 11.7 Å². The number of terminal acetylenes is 1. The number of hydrogen-bond acceptors (Lipinski definition) is 3. The lowest BCUT2D eigenvalue weighted by molar-refractivity contribution is -0.150. The van der Waals surface area contributed by atoms with Gasteiger partial charge in [-0.25, -0.2) is 0 Å². The number of carbonyl (C=O) groups excluding carboxylic acids is 3. The van der Waals surface area contributed by atoms with E-state index in [1.165, 1.54) is 4.90 Å². The fourth-order valence-electron chi connectivity index (χ4n) is 5.08. The third-order valence-electron chi connectivity index (χ3n) is 6.73. The smallest absolute Gasteiger partial charge is 0.248 e. The second kappa shape index (κ2) is 9.47. The Labute approximate surface area is 202 Å². The van der Waals surface area contributed by atoms with E-state index >= 15 is 0 Å². The second-order valence-electron chi connectivity index (χ2n) is 8.95. The molecule has 0 bridgehead atoms. The van der Waals surface area contributed by atoms with Crippen molar-refractivity contribution in [3.05, 3.63) is 70.2 Å². The van der Waals surface area contributed by atoms with Crippen LogP contribution in [0.3, 0.4) is 0 Å². The molecule has 2 aromatic rings. The molecule has 1 fully saturated rings. The van der Waals surface area contributed by atoms with Crippen LogP contribution in [0.4, 0.5) is 4.39 Å². The number of nitrogens with zero attached hydrogens (tertiary/aromatic N) is 1. The fraction of sp³-hybridized carbons (Fsp3) is 0.346. The van der Waals surface area contributed by atoms with Crippen LogP contribution in [0.25, 0.3) is 0 Å². The van der Waals surface area contributed by atoms with Crippen LogP contribution in [0.2, 0.25) is 5.02 Å². The number of carbonyl (C=O) groups is 3. The number of hydrogen-bond donors (Lipinski definition) is 2. The maximum Gasteiger partial charge on any atom is 0.248 e. The van der Waals surface area contributed by atoms with Crippen LogP contribution < -0.4 is 11.1 Å². The second-order valence-corrected chi connectivity index (χ2v) is 9.39. The van der Waals surface area contributed by atoms with Crippen molar-refractivity contribution in [3.63, 3.8) is 0 Å². The summed E-state index contributed by atoms with van der Waals surface area (Å²) in [4.78, 5) is 40.3. The Morgan fingerprint density at radius 3 is 2.50 bits per heavy atom. The maximum absolute atomic E-state index is 14.1. The molecule has 34 heavy (non-hydrogen) atoms. The van der Waals surface area contributed by atoms with Gasteiger partial charge in [-0.05, 0) is 47.6 Å². The highest BCUT2D eigenvalue weighted by molar-refractivity contribution is 6.30. The third-order valence-corrected chi connectivity index (χ3v) is 6.98. The zero-order valence-corrected chi connectivity index (χ0v) is 19.2. The first kappa shape index (κ1) is 23.8. The predicted octanol–water partition coefficient (Wildman–Crippen LogP) is 3.03. The van der Waals surface area contributed by atoms with Crippen molar-refractivity contribution in [3.8, 4) is 12.3 Å². The zero-order chi connectivity index (χ0) is 24.5. The van der Waals surface area contributed by atoms with E-state index in [1.807, 2.05) is 12.1 Å². The van der Waals surface area contributed by atoms with Gasteiger partial charge in [-0.3, -0.25) is 18.8 Å². The van der Waals surface area contributed by atoms with Crippen molar-refractivity contribution in [1.29, 1.82) is 0 Å². The summed E-state index contributed by atoms with van der Waals surface area (Å²) >= 11 is 6.05. The summed E-state index contributed by atoms with van der Waals surface area (Å²) in [6, 6.07) is 12.5. The highest BCUT2D eigenvalue weighted by Crippen LogP contribution is 2.51. The number of nitrogens with two attached hydrogens (primary N) is 1. The van der Waals surface area contributed by atoms with Crippen molar-refractivity contribution >= 4 is 29.3 Å². The Morgan fingerprint density at radius 2 is 1.88 bits per heavy atom. The molecule has 0 aromatic heterocycles. The van der Waals surface area contributed by atoms with Crippen LogP contribution in [-0.4, -0.2) is 35.3 Å². The molecule has 4 rings (SSSR count). The average Bonchev–Trinajstić information content (AvgIpc) is 3.18. The number of benzene rings is 2. The molecule has 1 saturated carbocycles. The number of amides is 3. The van der Waals surface area contributed by atoms with Gasteiger partial charge in [0.2, 0.25) is 17.7 Å². The van der Waals surface area contributed by atoms with Crippen LogP contribution in [0.5, 0.6) is 0 Å². The van der Waals surface area contributed by atoms with Gasteiger partial charge in [-0.1, -0.05) is 53.9 Å². The lowest BCUT2D eigenvalue weighted by Crippen LogP contribution is -2.56. The van der Waals surface area contributed by atoms with Crippen LogP contribution in [0.1, 0.15) is 42.0 Å². The van der Waals surface area contributed by atoms with Crippen molar-refractivity contribution in [1.82, 2.24) is 10.2 Å². The summed E-state index contributed by atoms with van der Waals surface area (Å²) in [5.74, 6) is 0.759. The molecule has 0 unspecified atom stereocenters. The van der Waals surface area contributed by atoms with Crippen LogP contribution in [0.15, 0.2) is 48.5 Å². The van der Waals surface area contributed by atoms with E-state index in [0.29, 0.717) is 23.4 Å². The standard InChI is InChI=1S/C26H25ClFN3O3/c1-2-20(11-22(29)32)30-24(33)23-21-6-4-3-5-17(21)15-31(23)25(34)26(12-16(13-26)14-28)18-7-9-19(27)10-8-18/h1,3-10,16,20,23H,11-15H2,(H2,29,32)(H,30,33)/t16?,20-,23+,26?/m1/s1. The topological polar surface area (TPSA) is 92.5 Å². The molecule has 8 heteroatoms. The Kier molecular flexibility index (Phi) is 6.63. The van der Waals surface area contributed by atoms with E-state index in [2.05, 4.69) is 11.2 Å². The van der Waals surface area contributed by atoms with Gasteiger partial charge in [-0.15, -0.1) is 6.42 Å². The van der Waals surface area contributed by atoms with Gasteiger partial charge < -0.3 is 16.0 Å². The molecule has 2 aliphatic rings. The predicted molar refractivity (Wildman–Crippen MR) is 126 cm³/mol. The molecule has 2 atom stereocenters. The Balaban J connectivity index is 1.69. The van der Waals surface area contributed by atoms with E-state index < -0.39 is 36.0 Å². The summed E-state index contributed by atoms with van der Waals surface area (Å²) < 4.78 is 13.4. The SMILES string of the molecule is C#C[C@H](CC(N)=O)NC(=O)[C@@H]1c2ccccc2CN1C(=O)C1(c2ccc(Cl)cc2)CC(CF)C1. The molecule has 2 aromatic carbocycles. The van der Waals surface area contributed by atoms with Gasteiger partial charge in [0, 0.05) is 11.6 Å². The molecule has 0 saturated heterocycles. The first-order valence-corrected chi connectivity index (χ1v) is 11.4. The van der Waals surface area contributed by atoms with Gasteiger partial charge in [0.15, 0.2) is 0 Å². The molecule has 0 radical (unpaired) electrons. The van der Waals surface area contributed by atoms with Crippen molar-refractivity contribution in [2.75, 3.05) is 6.67 Å². The normalized spacial score (nSPS) is 23.9. The summed E-state index contributed by atoms with van der Waals surface area (Å²) in [6.07, 6.45) is 5.96. The number of primary amides is 1. The molecule has 0 spiro atoms. The van der Waals surface area contributed by atoms with Crippen molar-refractivity contribution < 1.29 is 18.8 Å². The Morgan fingerprint density at radius 1 is 1.21 bits per heavy atom. The molecule has 176 valence electrons. The average molecular weight is 482 g/mol. The van der Waals surface area contributed by atoms with Gasteiger partial charge in [-0.2, -0.15) is 0 Å². The molecule has 1 aliphatic carbocycles. The number of nitrogens with one attached hydrogen (secondary N) is 1. The Hall–Kier alpha value is -3.37. The zero-order valence-electron chi connectivity index (χ0n) is 18.5. The summed E-state index contributed by atoms with van der Waals surface area (Å²) in [6.45, 7) is -0.275. The monoisotopic (exact) mass is 481 g/mol. The van der Waals surface area contributed by atoms with Gasteiger partial charge >= 0.3 is 0 Å². The number of alkyl halides is 1. The summed E-state index contributed by atoms with van der Waals surface area (Å²) in [7, 11) is 0. The lowest BCUT2D eigenvalue weighted by atomic mass is 9.58. The van der Waals surface area contributed by atoms with Crippen LogP contribution in [0, 0.1) is 18.3 Å².